The zero-order valence-corrected chi connectivity index (χ0v) is 17.5. The summed E-state index contributed by atoms with van der Waals surface area (Å²) in [5.74, 6) is -0.696. The average molecular weight is 428 g/mol. The van der Waals surface area contributed by atoms with Gasteiger partial charge in [-0.15, -0.1) is 0 Å². The summed E-state index contributed by atoms with van der Waals surface area (Å²) in [6, 6.07) is 5.45. The molecule has 0 bridgehead atoms. The summed E-state index contributed by atoms with van der Waals surface area (Å²) in [4.78, 5) is 13.8. The Hall–Kier alpha value is -2.99. The van der Waals surface area contributed by atoms with E-state index in [1.165, 1.54) is 24.3 Å². The Morgan fingerprint density at radius 1 is 1.06 bits per heavy atom. The van der Waals surface area contributed by atoms with Crippen molar-refractivity contribution in [3.8, 4) is 11.5 Å². The van der Waals surface area contributed by atoms with Gasteiger partial charge in [-0.3, -0.25) is 4.90 Å². The Balaban J connectivity index is 1.99. The topological polar surface area (TPSA) is 87.1 Å². The number of rotatable bonds is 2. The minimum atomic E-state index is -2.90. The first-order valence-electron chi connectivity index (χ1n) is 13.2. The highest BCUT2D eigenvalue weighted by atomic mass is 16.4. The molecule has 0 amide bonds. The highest BCUT2D eigenvalue weighted by Crippen LogP contribution is 2.43. The first-order valence-corrected chi connectivity index (χ1v) is 10.2. The Morgan fingerprint density at radius 3 is 2.52 bits per heavy atom. The van der Waals surface area contributed by atoms with Crippen LogP contribution in [0.3, 0.4) is 0 Å². The zero-order valence-electron chi connectivity index (χ0n) is 23.5. The van der Waals surface area contributed by atoms with Crippen LogP contribution in [0.2, 0.25) is 0 Å². The standard InChI is InChI=1S/C25H27NO5/c1-25(2,3)17-12-18(28)16(13-26-9-5-4-6-10-26)20-21-22(31-23(17)20)15-8-7-14(27)11-19(15)30-24(21)29/h7-8,11-12,27-28H,4-6,9-10,13H2,1-3H3/i9D2,10D2,13D2. The minimum Gasteiger partial charge on any atom is -0.508 e. The van der Waals surface area contributed by atoms with E-state index in [9.17, 15) is 15.0 Å². The van der Waals surface area contributed by atoms with Gasteiger partial charge in [0.2, 0.25) is 0 Å². The van der Waals surface area contributed by atoms with Gasteiger partial charge in [0.05, 0.1) is 5.39 Å². The molecule has 6 nitrogen and oxygen atoms in total. The molecule has 0 radical (unpaired) electrons. The highest BCUT2D eigenvalue weighted by molar-refractivity contribution is 6.15. The van der Waals surface area contributed by atoms with E-state index in [0.29, 0.717) is 15.8 Å². The van der Waals surface area contributed by atoms with Gasteiger partial charge in [0, 0.05) is 37.3 Å². The fourth-order valence-electron chi connectivity index (χ4n) is 3.97. The van der Waals surface area contributed by atoms with Gasteiger partial charge in [0.15, 0.2) is 5.58 Å². The van der Waals surface area contributed by atoms with Crippen LogP contribution in [0.4, 0.5) is 0 Å². The second-order valence-electron chi connectivity index (χ2n) is 8.77. The minimum absolute atomic E-state index is 0.0475. The molecule has 31 heavy (non-hydrogen) atoms. The molecule has 3 heterocycles. The van der Waals surface area contributed by atoms with Crippen LogP contribution in [0, 0.1) is 0 Å². The summed E-state index contributed by atoms with van der Waals surface area (Å²) in [7, 11) is 0. The normalized spacial score (nSPS) is 22.5. The van der Waals surface area contributed by atoms with Gasteiger partial charge in [-0.25, -0.2) is 4.79 Å². The molecule has 2 aromatic carbocycles. The van der Waals surface area contributed by atoms with E-state index in [1.807, 2.05) is 20.8 Å². The molecular formula is C25H27NO5. The highest BCUT2D eigenvalue weighted by Gasteiger charge is 2.28. The van der Waals surface area contributed by atoms with Crippen molar-refractivity contribution in [1.82, 2.24) is 4.90 Å². The average Bonchev–Trinajstić information content (AvgIpc) is 3.10. The number of furan rings is 1. The van der Waals surface area contributed by atoms with Gasteiger partial charge >= 0.3 is 5.63 Å². The predicted octanol–water partition coefficient (Wildman–Crippen LogP) is 5.39. The summed E-state index contributed by atoms with van der Waals surface area (Å²) < 4.78 is 63.6. The van der Waals surface area contributed by atoms with E-state index in [0.717, 1.165) is 0 Å². The predicted molar refractivity (Wildman–Crippen MR) is 121 cm³/mol. The molecule has 1 fully saturated rings. The SMILES string of the molecule is [2H]C1([2H])CCCC([2H])([2H])N1C([2H])([2H])c1c(O)cc(C(C)(C)C)c2oc3c4ccc(O)cc4oc(=O)c3c12. The molecule has 2 aromatic heterocycles. The third kappa shape index (κ3) is 3.26. The number of hydrogen-bond donors (Lipinski definition) is 2. The summed E-state index contributed by atoms with van der Waals surface area (Å²) in [5.41, 5.74) is -1.34. The van der Waals surface area contributed by atoms with Crippen molar-refractivity contribution >= 4 is 32.9 Å². The monoisotopic (exact) mass is 427 g/mol. The fourth-order valence-corrected chi connectivity index (χ4v) is 3.97. The first kappa shape index (κ1) is 14.1. The van der Waals surface area contributed by atoms with Gasteiger partial charge < -0.3 is 19.0 Å². The van der Waals surface area contributed by atoms with Gasteiger partial charge in [0.1, 0.15) is 28.1 Å². The van der Waals surface area contributed by atoms with Crippen LogP contribution in [-0.2, 0) is 11.9 Å². The van der Waals surface area contributed by atoms with Crippen molar-refractivity contribution in [3.63, 3.8) is 0 Å². The van der Waals surface area contributed by atoms with E-state index >= 15 is 0 Å². The number of phenolic OH excluding ortho intramolecular Hbond substituents is 2. The van der Waals surface area contributed by atoms with Crippen molar-refractivity contribution < 1.29 is 27.3 Å². The molecule has 0 spiro atoms. The summed E-state index contributed by atoms with van der Waals surface area (Å²) in [6.07, 6.45) is -0.00912. The molecule has 2 N–H and O–H groups in total. The summed E-state index contributed by atoms with van der Waals surface area (Å²) in [6.45, 7) is -2.13. The van der Waals surface area contributed by atoms with E-state index in [4.69, 9.17) is 17.1 Å². The van der Waals surface area contributed by atoms with Crippen molar-refractivity contribution in [1.29, 1.82) is 0 Å². The van der Waals surface area contributed by atoms with Gasteiger partial charge in [-0.05, 0) is 49.4 Å². The third-order valence-electron chi connectivity index (χ3n) is 5.48. The zero-order chi connectivity index (χ0) is 27.3. The number of fused-ring (bicyclic) bond motifs is 5. The third-order valence-corrected chi connectivity index (χ3v) is 5.48. The van der Waals surface area contributed by atoms with Crippen LogP contribution in [0.5, 0.6) is 11.5 Å². The smallest absolute Gasteiger partial charge is 0.348 e. The maximum atomic E-state index is 13.3. The van der Waals surface area contributed by atoms with Crippen molar-refractivity contribution in [2.24, 2.45) is 0 Å². The van der Waals surface area contributed by atoms with Crippen LogP contribution < -0.4 is 5.63 Å². The van der Waals surface area contributed by atoms with Crippen molar-refractivity contribution in [2.75, 3.05) is 13.0 Å². The second-order valence-corrected chi connectivity index (χ2v) is 8.77. The van der Waals surface area contributed by atoms with E-state index in [1.54, 1.807) is 0 Å². The lowest BCUT2D eigenvalue weighted by Crippen LogP contribution is -2.29. The maximum Gasteiger partial charge on any atom is 0.348 e. The number of piperidine rings is 1. The van der Waals surface area contributed by atoms with Crippen LogP contribution in [0.1, 0.15) is 59.4 Å². The summed E-state index contributed by atoms with van der Waals surface area (Å²) >= 11 is 0. The molecule has 162 valence electrons. The Bertz CT molecular complexity index is 1620. The number of likely N-dealkylation sites (tertiary alicyclic amines) is 1. The largest absolute Gasteiger partial charge is 0.508 e. The number of hydrogen-bond acceptors (Lipinski definition) is 6. The fraction of sp³-hybridized carbons (Fsp3) is 0.400. The Kier molecular flexibility index (Phi) is 3.20. The van der Waals surface area contributed by atoms with Crippen LogP contribution in [-0.4, -0.2) is 28.1 Å². The molecule has 0 atom stereocenters. The van der Waals surface area contributed by atoms with Crippen molar-refractivity contribution in [2.45, 2.75) is 51.9 Å². The van der Waals surface area contributed by atoms with Crippen LogP contribution >= 0.6 is 0 Å². The Labute approximate surface area is 188 Å². The van der Waals surface area contributed by atoms with E-state index < -0.39 is 41.8 Å². The van der Waals surface area contributed by atoms with Crippen molar-refractivity contribution in [3.05, 3.63) is 45.8 Å². The van der Waals surface area contributed by atoms with Crippen LogP contribution in [0.25, 0.3) is 32.9 Å². The molecule has 4 aromatic rings. The lowest BCUT2D eigenvalue weighted by Gasteiger charge is -2.27. The maximum absolute atomic E-state index is 13.3. The van der Waals surface area contributed by atoms with E-state index in [2.05, 4.69) is 0 Å². The number of aromatic hydroxyl groups is 2. The Morgan fingerprint density at radius 2 is 1.81 bits per heavy atom. The van der Waals surface area contributed by atoms with Gasteiger partial charge in [-0.1, -0.05) is 27.2 Å². The number of benzene rings is 2. The van der Waals surface area contributed by atoms with Gasteiger partial charge in [0.25, 0.3) is 0 Å². The first-order chi connectivity index (χ1) is 17.0. The summed E-state index contributed by atoms with van der Waals surface area (Å²) in [5, 5.41) is 21.2. The lowest BCUT2D eigenvalue weighted by atomic mass is 9.84. The molecule has 1 aliphatic heterocycles. The molecule has 6 heteroatoms. The lowest BCUT2D eigenvalue weighted by molar-refractivity contribution is 0.219. The van der Waals surface area contributed by atoms with Gasteiger partial charge in [-0.2, -0.15) is 0 Å². The molecule has 0 unspecified atom stereocenters. The number of nitrogens with zero attached hydrogens (tertiary/aromatic N) is 1. The molecular weight excluding hydrogens is 394 g/mol. The number of phenols is 2. The second kappa shape index (κ2) is 7.02. The molecule has 1 saturated heterocycles. The molecule has 0 saturated carbocycles. The molecule has 5 rings (SSSR count). The quantitative estimate of drug-likeness (QED) is 0.417. The molecule has 0 aliphatic carbocycles. The van der Waals surface area contributed by atoms with E-state index in [-0.39, 0.29) is 52.5 Å². The van der Waals surface area contributed by atoms with Crippen LogP contribution in [0.15, 0.2) is 37.9 Å². The molecule has 1 aliphatic rings.